The summed E-state index contributed by atoms with van der Waals surface area (Å²) in [5.74, 6) is 0.730. The minimum atomic E-state index is -0.283. The maximum atomic E-state index is 15.2. The SMILES string of the molecule is CCCCCCCCCCCCCCCCCCOC(=O)C(CCCCCCCCCC)(CCCCCCCCCC)C(CCCCCCCCCCC)CCCCCCCCCCCCCCCCCC. The molecule has 0 aliphatic carbocycles. The van der Waals surface area contributed by atoms with Crippen molar-refractivity contribution in [2.75, 3.05) is 6.61 Å². The molecule has 0 radical (unpaired) electrons. The number of carbonyl (C=O) groups excluding carboxylic acids is 1. The zero-order valence-electron chi connectivity index (χ0n) is 51.2. The molecule has 0 aliphatic rings. The smallest absolute Gasteiger partial charge is 0.312 e. The molecule has 432 valence electrons. The topological polar surface area (TPSA) is 26.3 Å². The summed E-state index contributed by atoms with van der Waals surface area (Å²) >= 11 is 0. The molecule has 0 saturated carbocycles. The van der Waals surface area contributed by atoms with Gasteiger partial charge in [-0.3, -0.25) is 4.79 Å². The van der Waals surface area contributed by atoms with E-state index in [9.17, 15) is 0 Å². The van der Waals surface area contributed by atoms with Crippen LogP contribution >= 0.6 is 0 Å². The Hall–Kier alpha value is -0.530. The van der Waals surface area contributed by atoms with Crippen LogP contribution in [-0.2, 0) is 9.53 Å². The summed E-state index contributed by atoms with van der Waals surface area (Å²) in [5.41, 5.74) is -0.283. The number of rotatable bonds is 64. The Morgan fingerprint density at radius 3 is 0.653 bits per heavy atom. The number of hydrogen-bond donors (Lipinski definition) is 0. The summed E-state index contributed by atoms with van der Waals surface area (Å²) in [4.78, 5) is 15.2. The quantitative estimate of drug-likeness (QED) is 0.0448. The molecule has 0 heterocycles. The maximum Gasteiger partial charge on any atom is 0.312 e. The first kappa shape index (κ1) is 71.5. The van der Waals surface area contributed by atoms with Gasteiger partial charge in [-0.15, -0.1) is 0 Å². The Labute approximate surface area is 457 Å². The van der Waals surface area contributed by atoms with E-state index in [-0.39, 0.29) is 11.4 Å². The number of esters is 1. The van der Waals surface area contributed by atoms with Gasteiger partial charge in [0.05, 0.1) is 12.0 Å². The number of hydrogen-bond acceptors (Lipinski definition) is 2. The Morgan fingerprint density at radius 2 is 0.431 bits per heavy atom. The zero-order valence-corrected chi connectivity index (χ0v) is 51.2. The fourth-order valence-corrected chi connectivity index (χ4v) is 12.3. The molecule has 2 nitrogen and oxygen atoms in total. The van der Waals surface area contributed by atoms with Gasteiger partial charge in [-0.05, 0) is 38.0 Å². The number of ether oxygens (including phenoxy) is 1. The second kappa shape index (κ2) is 61.3. The van der Waals surface area contributed by atoms with Crippen molar-refractivity contribution in [1.29, 1.82) is 0 Å². The molecule has 0 spiro atoms. The Balaban J connectivity index is 5.66. The second-order valence-corrected chi connectivity index (χ2v) is 24.5. The van der Waals surface area contributed by atoms with Crippen LogP contribution in [0.2, 0.25) is 0 Å². The van der Waals surface area contributed by atoms with E-state index in [0.717, 1.165) is 19.3 Å². The van der Waals surface area contributed by atoms with E-state index < -0.39 is 0 Å². The van der Waals surface area contributed by atoms with Crippen LogP contribution in [0, 0.1) is 11.3 Å². The third kappa shape index (κ3) is 49.1. The van der Waals surface area contributed by atoms with Crippen molar-refractivity contribution in [3.63, 3.8) is 0 Å². The molecule has 0 aromatic rings. The predicted octanol–water partition coefficient (Wildman–Crippen LogP) is 26.0. The zero-order chi connectivity index (χ0) is 52.2. The van der Waals surface area contributed by atoms with E-state index in [1.807, 2.05) is 0 Å². The van der Waals surface area contributed by atoms with E-state index in [0.29, 0.717) is 12.5 Å². The van der Waals surface area contributed by atoms with Gasteiger partial charge in [0.2, 0.25) is 0 Å². The van der Waals surface area contributed by atoms with Gasteiger partial charge in [0, 0.05) is 0 Å². The average molecular weight is 1010 g/mol. The molecule has 0 aromatic heterocycles. The molecule has 2 heteroatoms. The highest BCUT2D eigenvalue weighted by Gasteiger charge is 2.45. The molecule has 72 heavy (non-hydrogen) atoms. The largest absolute Gasteiger partial charge is 0.465 e. The fourth-order valence-electron chi connectivity index (χ4n) is 12.3. The van der Waals surface area contributed by atoms with Gasteiger partial charge in [-0.2, -0.15) is 0 Å². The Kier molecular flexibility index (Phi) is 60.9. The lowest BCUT2D eigenvalue weighted by Gasteiger charge is -2.40. The van der Waals surface area contributed by atoms with Gasteiger partial charge in [0.15, 0.2) is 0 Å². The standard InChI is InChI=1S/C70H140O2/c1-6-11-16-21-26-31-33-35-37-39-41-43-46-49-54-59-64-68(63-58-53-48-45-28-23-18-13-8-3)70(65-60-55-50-29-24-19-14-9-4,66-61-56-51-30-25-20-15-10-5)69(71)72-67-62-57-52-47-44-42-40-38-36-34-32-27-22-17-12-7-2/h68H,6-67H2,1-5H3. The normalized spacial score (nSPS) is 12.3. The molecule has 0 N–H and O–H groups in total. The maximum absolute atomic E-state index is 15.2. The first-order chi connectivity index (χ1) is 35.6. The molecule has 0 aromatic carbocycles. The highest BCUT2D eigenvalue weighted by atomic mass is 16.5. The van der Waals surface area contributed by atoms with Gasteiger partial charge < -0.3 is 4.74 Å². The molecular formula is C70H140O2. The summed E-state index contributed by atoms with van der Waals surface area (Å²) in [6.45, 7) is 12.3. The predicted molar refractivity (Wildman–Crippen MR) is 327 cm³/mol. The summed E-state index contributed by atoms with van der Waals surface area (Å²) in [6.07, 6.45) is 83.2. The molecule has 1 atom stereocenters. The van der Waals surface area contributed by atoms with E-state index in [2.05, 4.69) is 34.6 Å². The third-order valence-electron chi connectivity index (χ3n) is 17.4. The molecule has 0 fully saturated rings. The van der Waals surface area contributed by atoms with Gasteiger partial charge in [0.25, 0.3) is 0 Å². The molecule has 0 aliphatic heterocycles. The summed E-state index contributed by atoms with van der Waals surface area (Å²) < 4.78 is 6.64. The minimum absolute atomic E-state index is 0.242. The van der Waals surface area contributed by atoms with Crippen LogP contribution in [0.15, 0.2) is 0 Å². The fraction of sp³-hybridized carbons (Fsp3) is 0.986. The molecule has 0 saturated heterocycles. The van der Waals surface area contributed by atoms with Crippen molar-refractivity contribution in [3.8, 4) is 0 Å². The lowest BCUT2D eigenvalue weighted by Crippen LogP contribution is -2.41. The lowest BCUT2D eigenvalue weighted by atomic mass is 9.65. The van der Waals surface area contributed by atoms with E-state index >= 15 is 4.79 Å². The monoisotopic (exact) mass is 1010 g/mol. The minimum Gasteiger partial charge on any atom is -0.465 e. The second-order valence-electron chi connectivity index (χ2n) is 24.5. The Morgan fingerprint density at radius 1 is 0.250 bits per heavy atom. The highest BCUT2D eigenvalue weighted by molar-refractivity contribution is 5.77. The van der Waals surface area contributed by atoms with Crippen molar-refractivity contribution >= 4 is 5.97 Å². The number of carbonyl (C=O) groups is 1. The summed E-state index contributed by atoms with van der Waals surface area (Å²) in [5, 5.41) is 0. The van der Waals surface area contributed by atoms with Crippen LogP contribution in [0.5, 0.6) is 0 Å². The van der Waals surface area contributed by atoms with Gasteiger partial charge >= 0.3 is 5.97 Å². The van der Waals surface area contributed by atoms with Crippen LogP contribution < -0.4 is 0 Å². The molecular weight excluding hydrogens is 873 g/mol. The molecule has 0 rings (SSSR count). The first-order valence-electron chi connectivity index (χ1n) is 34.8. The van der Waals surface area contributed by atoms with Gasteiger partial charge in [-0.25, -0.2) is 0 Å². The van der Waals surface area contributed by atoms with Crippen LogP contribution in [-0.4, -0.2) is 12.6 Å². The first-order valence-corrected chi connectivity index (χ1v) is 34.8. The number of unbranched alkanes of at least 4 members (excludes halogenated alkanes) is 52. The molecule has 0 bridgehead atoms. The van der Waals surface area contributed by atoms with Crippen LogP contribution in [0.1, 0.15) is 426 Å². The van der Waals surface area contributed by atoms with Crippen LogP contribution in [0.4, 0.5) is 0 Å². The van der Waals surface area contributed by atoms with Crippen molar-refractivity contribution < 1.29 is 9.53 Å². The van der Waals surface area contributed by atoms with Crippen molar-refractivity contribution in [1.82, 2.24) is 0 Å². The van der Waals surface area contributed by atoms with E-state index in [4.69, 9.17) is 4.74 Å². The van der Waals surface area contributed by atoms with Crippen molar-refractivity contribution in [2.24, 2.45) is 11.3 Å². The third-order valence-corrected chi connectivity index (χ3v) is 17.4. The van der Waals surface area contributed by atoms with Gasteiger partial charge in [0.1, 0.15) is 0 Å². The highest BCUT2D eigenvalue weighted by Crippen LogP contribution is 2.46. The molecule has 0 amide bonds. The molecule has 1 unspecified atom stereocenters. The Bertz CT molecular complexity index is 968. The van der Waals surface area contributed by atoms with Crippen LogP contribution in [0.3, 0.4) is 0 Å². The average Bonchev–Trinajstić information content (AvgIpc) is 3.39. The van der Waals surface area contributed by atoms with Crippen LogP contribution in [0.25, 0.3) is 0 Å². The van der Waals surface area contributed by atoms with Gasteiger partial charge in [-0.1, -0.05) is 394 Å². The van der Waals surface area contributed by atoms with Crippen molar-refractivity contribution in [3.05, 3.63) is 0 Å². The van der Waals surface area contributed by atoms with E-state index in [1.54, 1.807) is 0 Å². The van der Waals surface area contributed by atoms with E-state index in [1.165, 1.54) is 372 Å². The lowest BCUT2D eigenvalue weighted by molar-refractivity contribution is -0.162. The van der Waals surface area contributed by atoms with Crippen molar-refractivity contribution in [2.45, 2.75) is 426 Å². The summed E-state index contributed by atoms with van der Waals surface area (Å²) in [6, 6.07) is 0. The summed E-state index contributed by atoms with van der Waals surface area (Å²) in [7, 11) is 0.